The third-order valence-corrected chi connectivity index (χ3v) is 8.56. The number of carbonyl (C=O) groups excluding carboxylic acids is 2. The van der Waals surface area contributed by atoms with E-state index in [4.69, 9.17) is 0 Å². The quantitative estimate of drug-likeness (QED) is 0.797. The monoisotopic (exact) mass is 330 g/mol. The van der Waals surface area contributed by atoms with Crippen LogP contribution in [0, 0.1) is 34.5 Å². The van der Waals surface area contributed by atoms with Gasteiger partial charge in [-0.25, -0.2) is 0 Å². The number of ketones is 2. The Balaban J connectivity index is 1.70. The SMILES string of the molecule is CC(=O)[C@H]1CC[C@H]2[C@@H]3CCC4=CC(=O)CC(O)[C@@]4(C)[C@@H]3CC[C@]12C. The first-order valence-corrected chi connectivity index (χ1v) is 9.71. The van der Waals surface area contributed by atoms with E-state index in [0.29, 0.717) is 23.5 Å². The first kappa shape index (κ1) is 16.5. The Kier molecular flexibility index (Phi) is 3.62. The van der Waals surface area contributed by atoms with Gasteiger partial charge >= 0.3 is 0 Å². The second-order valence-corrected chi connectivity index (χ2v) is 9.34. The maximum absolute atomic E-state index is 12.2. The third kappa shape index (κ3) is 2.00. The summed E-state index contributed by atoms with van der Waals surface area (Å²) in [6.07, 6.45) is 8.02. The van der Waals surface area contributed by atoms with Crippen LogP contribution in [0.25, 0.3) is 0 Å². The molecule has 3 heteroatoms. The molecule has 24 heavy (non-hydrogen) atoms. The summed E-state index contributed by atoms with van der Waals surface area (Å²) >= 11 is 0. The van der Waals surface area contributed by atoms with Crippen molar-refractivity contribution in [2.24, 2.45) is 34.5 Å². The van der Waals surface area contributed by atoms with Crippen molar-refractivity contribution in [2.75, 3.05) is 0 Å². The van der Waals surface area contributed by atoms with E-state index in [2.05, 4.69) is 13.8 Å². The van der Waals surface area contributed by atoms with E-state index in [1.54, 1.807) is 6.92 Å². The van der Waals surface area contributed by atoms with Crippen LogP contribution in [0.2, 0.25) is 0 Å². The highest BCUT2D eigenvalue weighted by Gasteiger charge is 2.61. The van der Waals surface area contributed by atoms with Crippen molar-refractivity contribution in [1.82, 2.24) is 0 Å². The Morgan fingerprint density at radius 1 is 1.17 bits per heavy atom. The minimum absolute atomic E-state index is 0.0894. The molecule has 7 atom stereocenters. The molecule has 0 heterocycles. The molecular weight excluding hydrogens is 300 g/mol. The van der Waals surface area contributed by atoms with E-state index in [1.807, 2.05) is 6.08 Å². The molecule has 0 aromatic carbocycles. The van der Waals surface area contributed by atoms with Crippen molar-refractivity contribution in [1.29, 1.82) is 0 Å². The maximum atomic E-state index is 12.2. The predicted octanol–water partition coefficient (Wildman–Crippen LogP) is 3.69. The molecule has 0 aliphatic heterocycles. The van der Waals surface area contributed by atoms with Gasteiger partial charge in [-0.2, -0.15) is 0 Å². The number of Topliss-reactive ketones (excluding diaryl/α,β-unsaturated/α-hetero) is 1. The number of hydrogen-bond donors (Lipinski definition) is 1. The fourth-order valence-electron chi connectivity index (χ4n) is 7.28. The lowest BCUT2D eigenvalue weighted by atomic mass is 9.46. The van der Waals surface area contributed by atoms with E-state index in [9.17, 15) is 14.7 Å². The number of aliphatic hydroxyl groups excluding tert-OH is 1. The number of fused-ring (bicyclic) bond motifs is 5. The van der Waals surface area contributed by atoms with Gasteiger partial charge in [0.1, 0.15) is 5.78 Å². The van der Waals surface area contributed by atoms with Crippen LogP contribution in [-0.2, 0) is 9.59 Å². The van der Waals surface area contributed by atoms with Gasteiger partial charge in [-0.15, -0.1) is 0 Å². The molecule has 0 aromatic heterocycles. The molecular formula is C21H30O3. The highest BCUT2D eigenvalue weighted by Crippen LogP contribution is 2.66. The molecule has 4 rings (SSSR count). The molecule has 1 unspecified atom stereocenters. The van der Waals surface area contributed by atoms with E-state index >= 15 is 0 Å². The Hall–Kier alpha value is -0.960. The summed E-state index contributed by atoms with van der Waals surface area (Å²) < 4.78 is 0. The van der Waals surface area contributed by atoms with Gasteiger partial charge < -0.3 is 5.11 Å². The predicted molar refractivity (Wildman–Crippen MR) is 92.3 cm³/mol. The van der Waals surface area contributed by atoms with Gasteiger partial charge in [0.25, 0.3) is 0 Å². The minimum Gasteiger partial charge on any atom is -0.392 e. The summed E-state index contributed by atoms with van der Waals surface area (Å²) in [4.78, 5) is 24.1. The average Bonchev–Trinajstić information content (AvgIpc) is 2.86. The van der Waals surface area contributed by atoms with Crippen LogP contribution in [0.3, 0.4) is 0 Å². The molecule has 0 amide bonds. The normalized spacial score (nSPS) is 50.6. The zero-order chi connectivity index (χ0) is 17.3. The molecule has 3 fully saturated rings. The molecule has 132 valence electrons. The van der Waals surface area contributed by atoms with E-state index in [-0.39, 0.29) is 29.0 Å². The summed E-state index contributed by atoms with van der Waals surface area (Å²) in [5, 5.41) is 10.8. The van der Waals surface area contributed by atoms with Crippen molar-refractivity contribution >= 4 is 11.6 Å². The zero-order valence-electron chi connectivity index (χ0n) is 15.2. The van der Waals surface area contributed by atoms with Crippen LogP contribution in [-0.4, -0.2) is 22.8 Å². The lowest BCUT2D eigenvalue weighted by molar-refractivity contribution is -0.134. The van der Waals surface area contributed by atoms with Crippen molar-refractivity contribution < 1.29 is 14.7 Å². The standard InChI is InChI=1S/C21H30O3/c1-12(22)16-6-7-17-15-5-4-13-10-14(23)11-19(24)21(13,3)18(15)8-9-20(16,17)2/h10,15-19,24H,4-9,11H2,1-3H3/t15-,16+,17-,18+,19?,20+,21+/m0/s1. The van der Waals surface area contributed by atoms with Gasteiger partial charge in [0.05, 0.1) is 6.10 Å². The molecule has 4 aliphatic carbocycles. The molecule has 1 N–H and O–H groups in total. The zero-order valence-corrected chi connectivity index (χ0v) is 15.2. The lowest BCUT2D eigenvalue weighted by Gasteiger charge is -2.59. The number of carbonyl (C=O) groups is 2. The second kappa shape index (κ2) is 5.27. The summed E-state index contributed by atoms with van der Waals surface area (Å²) in [7, 11) is 0. The summed E-state index contributed by atoms with van der Waals surface area (Å²) in [5.74, 6) is 2.35. The number of rotatable bonds is 1. The molecule has 4 aliphatic rings. The molecule has 0 spiro atoms. The van der Waals surface area contributed by atoms with Gasteiger partial charge in [0, 0.05) is 17.8 Å². The van der Waals surface area contributed by atoms with Crippen LogP contribution in [0.5, 0.6) is 0 Å². The van der Waals surface area contributed by atoms with Crippen molar-refractivity contribution in [2.45, 2.75) is 71.8 Å². The van der Waals surface area contributed by atoms with Gasteiger partial charge in [-0.1, -0.05) is 19.4 Å². The highest BCUT2D eigenvalue weighted by atomic mass is 16.3. The van der Waals surface area contributed by atoms with Crippen molar-refractivity contribution in [3.8, 4) is 0 Å². The smallest absolute Gasteiger partial charge is 0.158 e. The molecule has 3 nitrogen and oxygen atoms in total. The molecule has 0 saturated heterocycles. The highest BCUT2D eigenvalue weighted by molar-refractivity contribution is 5.92. The summed E-state index contributed by atoms with van der Waals surface area (Å²) in [5.41, 5.74) is 1.11. The Morgan fingerprint density at radius 3 is 2.62 bits per heavy atom. The van der Waals surface area contributed by atoms with Crippen LogP contribution in [0.1, 0.15) is 65.7 Å². The minimum atomic E-state index is -0.535. The van der Waals surface area contributed by atoms with Gasteiger partial charge in [0.15, 0.2) is 5.78 Å². The second-order valence-electron chi connectivity index (χ2n) is 9.34. The first-order chi connectivity index (χ1) is 11.3. The lowest BCUT2D eigenvalue weighted by Crippen LogP contribution is -2.55. The number of hydrogen-bond acceptors (Lipinski definition) is 3. The summed E-state index contributed by atoms with van der Waals surface area (Å²) in [6.45, 7) is 6.32. The fourth-order valence-corrected chi connectivity index (χ4v) is 7.28. The largest absolute Gasteiger partial charge is 0.392 e. The summed E-state index contributed by atoms with van der Waals surface area (Å²) in [6, 6.07) is 0. The van der Waals surface area contributed by atoms with Crippen LogP contribution in [0.15, 0.2) is 11.6 Å². The topological polar surface area (TPSA) is 54.4 Å². The Bertz CT molecular complexity index is 621. The van der Waals surface area contributed by atoms with Crippen LogP contribution in [0.4, 0.5) is 0 Å². The van der Waals surface area contributed by atoms with E-state index in [0.717, 1.165) is 38.5 Å². The van der Waals surface area contributed by atoms with Crippen molar-refractivity contribution in [3.05, 3.63) is 11.6 Å². The van der Waals surface area contributed by atoms with Crippen LogP contribution < -0.4 is 0 Å². The fraction of sp³-hybridized carbons (Fsp3) is 0.810. The van der Waals surface area contributed by atoms with E-state index < -0.39 is 6.10 Å². The average molecular weight is 330 g/mol. The van der Waals surface area contributed by atoms with Gasteiger partial charge in [0.2, 0.25) is 0 Å². The van der Waals surface area contributed by atoms with E-state index in [1.165, 1.54) is 5.57 Å². The van der Waals surface area contributed by atoms with Crippen molar-refractivity contribution in [3.63, 3.8) is 0 Å². The molecule has 0 radical (unpaired) electrons. The third-order valence-electron chi connectivity index (χ3n) is 8.56. The van der Waals surface area contributed by atoms with Gasteiger partial charge in [-0.05, 0) is 74.7 Å². The Labute approximate surface area is 144 Å². The Morgan fingerprint density at radius 2 is 1.92 bits per heavy atom. The maximum Gasteiger partial charge on any atom is 0.158 e. The molecule has 0 aromatic rings. The van der Waals surface area contributed by atoms with Crippen LogP contribution >= 0.6 is 0 Å². The number of aliphatic hydroxyl groups is 1. The molecule has 3 saturated carbocycles. The molecule has 0 bridgehead atoms. The van der Waals surface area contributed by atoms with Gasteiger partial charge in [-0.3, -0.25) is 9.59 Å². The first-order valence-electron chi connectivity index (χ1n) is 9.71.